The van der Waals surface area contributed by atoms with Crippen molar-refractivity contribution in [1.82, 2.24) is 4.72 Å². The lowest BCUT2D eigenvalue weighted by molar-refractivity contribution is -0.139. The molecule has 1 unspecified atom stereocenters. The zero-order valence-electron chi connectivity index (χ0n) is 10.9. The van der Waals surface area contributed by atoms with Gasteiger partial charge in [0.15, 0.2) is 0 Å². The topological polar surface area (TPSA) is 46.2 Å². The van der Waals surface area contributed by atoms with E-state index in [0.717, 1.165) is 18.2 Å². The maximum absolute atomic E-state index is 12.8. The van der Waals surface area contributed by atoms with Crippen LogP contribution in [0.5, 0.6) is 0 Å². The third-order valence-electron chi connectivity index (χ3n) is 2.67. The Balaban J connectivity index is 3.05. The Kier molecular flexibility index (Phi) is 5.46. The Hall–Kier alpha value is -0.790. The molecule has 114 valence electrons. The van der Waals surface area contributed by atoms with Gasteiger partial charge in [-0.05, 0) is 18.1 Å². The lowest BCUT2D eigenvalue weighted by atomic mass is 10.1. The van der Waals surface area contributed by atoms with Gasteiger partial charge in [-0.25, -0.2) is 13.1 Å². The quantitative estimate of drug-likeness (QED) is 0.843. The van der Waals surface area contributed by atoms with Gasteiger partial charge in [0.1, 0.15) is 0 Å². The molecule has 0 heterocycles. The highest BCUT2D eigenvalue weighted by atomic mass is 35.5. The summed E-state index contributed by atoms with van der Waals surface area (Å²) in [6.07, 6.45) is -4.73. The number of benzene rings is 1. The van der Waals surface area contributed by atoms with Crippen LogP contribution in [0.15, 0.2) is 29.2 Å². The first-order chi connectivity index (χ1) is 9.05. The van der Waals surface area contributed by atoms with E-state index < -0.39 is 32.0 Å². The first-order valence-corrected chi connectivity index (χ1v) is 7.77. The zero-order valence-corrected chi connectivity index (χ0v) is 12.5. The molecular formula is C12H15ClF3NO2S. The predicted molar refractivity (Wildman–Crippen MR) is 71.1 cm³/mol. The molecule has 0 aliphatic heterocycles. The maximum Gasteiger partial charge on any atom is 0.417 e. The van der Waals surface area contributed by atoms with Crippen LogP contribution >= 0.6 is 11.6 Å². The number of halogens is 4. The fourth-order valence-corrected chi connectivity index (χ4v) is 2.89. The van der Waals surface area contributed by atoms with E-state index in [1.54, 1.807) is 13.8 Å². The van der Waals surface area contributed by atoms with Crippen molar-refractivity contribution in [3.8, 4) is 0 Å². The number of hydrogen-bond acceptors (Lipinski definition) is 2. The zero-order chi connectivity index (χ0) is 15.6. The summed E-state index contributed by atoms with van der Waals surface area (Å²) in [5.74, 6) is -0.00257. The van der Waals surface area contributed by atoms with Crippen LogP contribution in [0.4, 0.5) is 13.2 Å². The molecule has 0 saturated carbocycles. The molecule has 0 bridgehead atoms. The second-order valence-corrected chi connectivity index (χ2v) is 6.90. The Morgan fingerprint density at radius 3 is 2.30 bits per heavy atom. The molecule has 1 aromatic carbocycles. The largest absolute Gasteiger partial charge is 0.417 e. The molecule has 8 heteroatoms. The van der Waals surface area contributed by atoms with Gasteiger partial charge < -0.3 is 0 Å². The lowest BCUT2D eigenvalue weighted by Crippen LogP contribution is -2.33. The van der Waals surface area contributed by atoms with Gasteiger partial charge in [-0.15, -0.1) is 11.6 Å². The number of alkyl halides is 4. The van der Waals surface area contributed by atoms with Crippen molar-refractivity contribution >= 4 is 21.6 Å². The summed E-state index contributed by atoms with van der Waals surface area (Å²) < 4.78 is 64.4. The summed E-state index contributed by atoms with van der Waals surface area (Å²) in [6, 6.07) is 4.03. The molecule has 0 aliphatic carbocycles. The van der Waals surface area contributed by atoms with Crippen LogP contribution in [0, 0.1) is 5.92 Å². The Morgan fingerprint density at radius 1 is 1.25 bits per heavy atom. The van der Waals surface area contributed by atoms with E-state index in [2.05, 4.69) is 4.72 Å². The van der Waals surface area contributed by atoms with Gasteiger partial charge in [-0.3, -0.25) is 0 Å². The molecule has 3 nitrogen and oxygen atoms in total. The molecule has 0 fully saturated rings. The summed E-state index contributed by atoms with van der Waals surface area (Å²) in [6.45, 7) is 3.44. The molecule has 1 atom stereocenters. The van der Waals surface area contributed by atoms with E-state index in [1.165, 1.54) is 6.07 Å². The Morgan fingerprint density at radius 2 is 1.80 bits per heavy atom. The van der Waals surface area contributed by atoms with Crippen molar-refractivity contribution in [3.63, 3.8) is 0 Å². The molecule has 0 amide bonds. The van der Waals surface area contributed by atoms with Crippen LogP contribution < -0.4 is 4.72 Å². The fourth-order valence-electron chi connectivity index (χ4n) is 1.44. The SMILES string of the molecule is CC(C)C(Cl)CNS(=O)(=O)c1ccccc1C(F)(F)F. The summed E-state index contributed by atoms with van der Waals surface area (Å²) in [5.41, 5.74) is -1.19. The van der Waals surface area contributed by atoms with Crippen molar-refractivity contribution in [2.75, 3.05) is 6.54 Å². The van der Waals surface area contributed by atoms with Crippen LogP contribution in [-0.2, 0) is 16.2 Å². The van der Waals surface area contributed by atoms with Gasteiger partial charge in [0, 0.05) is 11.9 Å². The molecule has 20 heavy (non-hydrogen) atoms. The smallest absolute Gasteiger partial charge is 0.210 e. The Bertz CT molecular complexity index is 558. The van der Waals surface area contributed by atoms with Crippen LogP contribution in [0.3, 0.4) is 0 Å². The van der Waals surface area contributed by atoms with Crippen LogP contribution in [-0.4, -0.2) is 20.3 Å². The molecule has 0 spiro atoms. The van der Waals surface area contributed by atoms with E-state index in [1.807, 2.05) is 0 Å². The average molecular weight is 330 g/mol. The lowest BCUT2D eigenvalue weighted by Gasteiger charge is -2.16. The monoisotopic (exact) mass is 329 g/mol. The third kappa shape index (κ3) is 4.36. The van der Waals surface area contributed by atoms with Crippen molar-refractivity contribution in [2.24, 2.45) is 5.92 Å². The van der Waals surface area contributed by atoms with Gasteiger partial charge >= 0.3 is 6.18 Å². The molecule has 1 rings (SSSR count). The highest BCUT2D eigenvalue weighted by Crippen LogP contribution is 2.33. The highest BCUT2D eigenvalue weighted by Gasteiger charge is 2.36. The molecule has 0 aromatic heterocycles. The Labute approximate surface area is 121 Å². The van der Waals surface area contributed by atoms with E-state index in [-0.39, 0.29) is 12.5 Å². The number of hydrogen-bond donors (Lipinski definition) is 1. The standard InChI is InChI=1S/C12H15ClF3NO2S/c1-8(2)10(13)7-17-20(18,19)11-6-4-3-5-9(11)12(14,15)16/h3-6,8,10,17H,7H2,1-2H3. The fraction of sp³-hybridized carbons (Fsp3) is 0.500. The van der Waals surface area contributed by atoms with Crippen molar-refractivity contribution < 1.29 is 21.6 Å². The van der Waals surface area contributed by atoms with Crippen LogP contribution in [0.25, 0.3) is 0 Å². The second kappa shape index (κ2) is 6.32. The molecule has 0 aliphatic rings. The van der Waals surface area contributed by atoms with Gasteiger partial charge in [-0.2, -0.15) is 13.2 Å². The first kappa shape index (κ1) is 17.3. The number of rotatable bonds is 5. The summed E-state index contributed by atoms with van der Waals surface area (Å²) in [5, 5.41) is -0.497. The minimum Gasteiger partial charge on any atom is -0.210 e. The molecule has 0 radical (unpaired) electrons. The van der Waals surface area contributed by atoms with Gasteiger partial charge in [0.2, 0.25) is 10.0 Å². The van der Waals surface area contributed by atoms with Gasteiger partial charge in [-0.1, -0.05) is 26.0 Å². The van der Waals surface area contributed by atoms with Crippen molar-refractivity contribution in [1.29, 1.82) is 0 Å². The van der Waals surface area contributed by atoms with Gasteiger partial charge in [0.05, 0.1) is 10.5 Å². The van der Waals surface area contributed by atoms with Crippen molar-refractivity contribution in [3.05, 3.63) is 29.8 Å². The normalized spacial score (nSPS) is 14.6. The van der Waals surface area contributed by atoms with Crippen LogP contribution in [0.1, 0.15) is 19.4 Å². The highest BCUT2D eigenvalue weighted by molar-refractivity contribution is 7.89. The maximum atomic E-state index is 12.8. The minimum atomic E-state index is -4.73. The molecular weight excluding hydrogens is 315 g/mol. The van der Waals surface area contributed by atoms with Crippen LogP contribution in [0.2, 0.25) is 0 Å². The van der Waals surface area contributed by atoms with Crippen molar-refractivity contribution in [2.45, 2.75) is 30.3 Å². The third-order valence-corrected chi connectivity index (χ3v) is 4.81. The number of sulfonamides is 1. The predicted octanol–water partition coefficient (Wildman–Crippen LogP) is 3.25. The second-order valence-electron chi connectivity index (χ2n) is 4.61. The van der Waals surface area contributed by atoms with E-state index >= 15 is 0 Å². The van der Waals surface area contributed by atoms with E-state index in [4.69, 9.17) is 11.6 Å². The average Bonchev–Trinajstić information content (AvgIpc) is 2.35. The molecule has 1 N–H and O–H groups in total. The number of nitrogens with one attached hydrogen (secondary N) is 1. The summed E-state index contributed by atoms with van der Waals surface area (Å²) in [4.78, 5) is -0.792. The summed E-state index contributed by atoms with van der Waals surface area (Å²) in [7, 11) is -4.26. The van der Waals surface area contributed by atoms with E-state index in [9.17, 15) is 21.6 Å². The van der Waals surface area contributed by atoms with E-state index in [0.29, 0.717) is 0 Å². The molecule has 0 saturated heterocycles. The first-order valence-electron chi connectivity index (χ1n) is 5.85. The molecule has 1 aromatic rings. The minimum absolute atomic E-state index is 0.00257. The summed E-state index contributed by atoms with van der Waals surface area (Å²) >= 11 is 5.89. The van der Waals surface area contributed by atoms with Gasteiger partial charge in [0.25, 0.3) is 0 Å².